The Morgan fingerprint density at radius 2 is 2.38 bits per heavy atom. The number of nitrogens with zero attached hydrogens (tertiary/aromatic N) is 3. The molecule has 0 saturated carbocycles. The third kappa shape index (κ3) is 0.941. The summed E-state index contributed by atoms with van der Waals surface area (Å²) in [6, 6.07) is 0. The Labute approximate surface area is 75.6 Å². The maximum atomic E-state index is 5.73. The second kappa shape index (κ2) is 2.10. The van der Waals surface area contributed by atoms with Crippen molar-refractivity contribution in [2.75, 3.05) is 0 Å². The lowest BCUT2D eigenvalue weighted by atomic mass is 10.2. The molecule has 1 aromatic heterocycles. The van der Waals surface area contributed by atoms with Gasteiger partial charge in [0.05, 0.1) is 18.4 Å². The van der Waals surface area contributed by atoms with E-state index in [-0.39, 0.29) is 12.2 Å². The fourth-order valence-electron chi connectivity index (χ4n) is 2.02. The van der Waals surface area contributed by atoms with Gasteiger partial charge in [-0.2, -0.15) is 0 Å². The van der Waals surface area contributed by atoms with E-state index in [9.17, 15) is 0 Å². The van der Waals surface area contributed by atoms with E-state index in [2.05, 4.69) is 10.3 Å². The summed E-state index contributed by atoms with van der Waals surface area (Å²) < 4.78 is 13.3. The fourth-order valence-corrected chi connectivity index (χ4v) is 2.02. The summed E-state index contributed by atoms with van der Waals surface area (Å²) >= 11 is 0. The Bertz CT molecular complexity index is 347. The van der Waals surface area contributed by atoms with Crippen LogP contribution in [0.15, 0.2) is 6.20 Å². The second-order valence-corrected chi connectivity index (χ2v) is 3.94. The molecule has 0 N–H and O–H groups in total. The fraction of sp³-hybridized carbons (Fsp3) is 0.750. The molecule has 5 nitrogen and oxygen atoms in total. The molecule has 1 saturated heterocycles. The van der Waals surface area contributed by atoms with Crippen molar-refractivity contribution in [3.63, 3.8) is 0 Å². The number of hydrogen-bond acceptors (Lipinski definition) is 4. The smallest absolute Gasteiger partial charge is 0.164 e. The van der Waals surface area contributed by atoms with Crippen LogP contribution < -0.4 is 0 Å². The van der Waals surface area contributed by atoms with Crippen LogP contribution in [0.1, 0.15) is 25.6 Å². The first kappa shape index (κ1) is 7.46. The van der Waals surface area contributed by atoms with Gasteiger partial charge >= 0.3 is 0 Å². The van der Waals surface area contributed by atoms with Crippen LogP contribution in [0.25, 0.3) is 0 Å². The standard InChI is InChI=1S/C8H11N3O2/c1-8(2)12-6-4-11-5(3-9-10-11)7(6)13-8/h3,6-7H,4H2,1-2H3/t6-,7-/m0/s1. The second-order valence-electron chi connectivity index (χ2n) is 3.94. The highest BCUT2D eigenvalue weighted by Gasteiger charge is 2.47. The van der Waals surface area contributed by atoms with E-state index in [0.29, 0.717) is 0 Å². The van der Waals surface area contributed by atoms with Gasteiger partial charge in [0.15, 0.2) is 5.79 Å². The first-order valence-electron chi connectivity index (χ1n) is 4.40. The van der Waals surface area contributed by atoms with Crippen LogP contribution in [0.2, 0.25) is 0 Å². The quantitative estimate of drug-likeness (QED) is 0.584. The molecule has 2 aliphatic heterocycles. The zero-order chi connectivity index (χ0) is 9.05. The van der Waals surface area contributed by atoms with E-state index < -0.39 is 5.79 Å². The Morgan fingerprint density at radius 1 is 1.54 bits per heavy atom. The van der Waals surface area contributed by atoms with E-state index in [1.54, 1.807) is 6.20 Å². The first-order valence-corrected chi connectivity index (χ1v) is 4.40. The summed E-state index contributed by atoms with van der Waals surface area (Å²) in [5, 5.41) is 7.76. The van der Waals surface area contributed by atoms with Gasteiger partial charge in [0.1, 0.15) is 12.2 Å². The van der Waals surface area contributed by atoms with E-state index in [1.165, 1.54) is 0 Å². The van der Waals surface area contributed by atoms with Gasteiger partial charge in [-0.3, -0.25) is 0 Å². The monoisotopic (exact) mass is 181 g/mol. The molecule has 0 radical (unpaired) electrons. The van der Waals surface area contributed by atoms with Crippen LogP contribution in [-0.2, 0) is 16.0 Å². The normalized spacial score (nSPS) is 34.6. The van der Waals surface area contributed by atoms with E-state index in [4.69, 9.17) is 9.47 Å². The van der Waals surface area contributed by atoms with Crippen molar-refractivity contribution in [3.8, 4) is 0 Å². The van der Waals surface area contributed by atoms with Gasteiger partial charge in [-0.1, -0.05) is 5.21 Å². The number of fused-ring (bicyclic) bond motifs is 3. The highest BCUT2D eigenvalue weighted by molar-refractivity contribution is 5.10. The van der Waals surface area contributed by atoms with Gasteiger partial charge < -0.3 is 9.47 Å². The number of rotatable bonds is 0. The molecule has 2 atom stereocenters. The zero-order valence-corrected chi connectivity index (χ0v) is 7.60. The Kier molecular flexibility index (Phi) is 1.21. The van der Waals surface area contributed by atoms with Crippen molar-refractivity contribution in [2.24, 2.45) is 0 Å². The minimum Gasteiger partial charge on any atom is -0.342 e. The van der Waals surface area contributed by atoms with Crippen molar-refractivity contribution in [3.05, 3.63) is 11.9 Å². The van der Waals surface area contributed by atoms with Crippen LogP contribution in [0.5, 0.6) is 0 Å². The summed E-state index contributed by atoms with van der Waals surface area (Å²) in [6.45, 7) is 4.61. The largest absolute Gasteiger partial charge is 0.342 e. The lowest BCUT2D eigenvalue weighted by molar-refractivity contribution is -0.151. The maximum Gasteiger partial charge on any atom is 0.164 e. The highest BCUT2D eigenvalue weighted by Crippen LogP contribution is 2.42. The predicted molar refractivity (Wildman–Crippen MR) is 42.8 cm³/mol. The van der Waals surface area contributed by atoms with Crippen molar-refractivity contribution in [1.82, 2.24) is 15.0 Å². The van der Waals surface area contributed by atoms with Crippen LogP contribution in [0.4, 0.5) is 0 Å². The van der Waals surface area contributed by atoms with Crippen LogP contribution in [0.3, 0.4) is 0 Å². The lowest BCUT2D eigenvalue weighted by Gasteiger charge is -2.17. The molecule has 0 aromatic carbocycles. The molecule has 2 aliphatic rings. The molecule has 1 aromatic rings. The van der Waals surface area contributed by atoms with Crippen molar-refractivity contribution < 1.29 is 9.47 Å². The first-order chi connectivity index (χ1) is 6.16. The lowest BCUT2D eigenvalue weighted by Crippen LogP contribution is -2.23. The van der Waals surface area contributed by atoms with Crippen molar-refractivity contribution in [1.29, 1.82) is 0 Å². The molecular weight excluding hydrogens is 170 g/mol. The van der Waals surface area contributed by atoms with Crippen molar-refractivity contribution in [2.45, 2.75) is 38.4 Å². The maximum absolute atomic E-state index is 5.73. The zero-order valence-electron chi connectivity index (χ0n) is 7.60. The minimum absolute atomic E-state index is 0.0185. The summed E-state index contributed by atoms with van der Waals surface area (Å²) in [5.74, 6) is -0.467. The Hall–Kier alpha value is -0.940. The van der Waals surface area contributed by atoms with Gasteiger partial charge in [-0.25, -0.2) is 4.68 Å². The number of hydrogen-bond donors (Lipinski definition) is 0. The third-order valence-electron chi connectivity index (χ3n) is 2.48. The Morgan fingerprint density at radius 3 is 3.23 bits per heavy atom. The van der Waals surface area contributed by atoms with E-state index >= 15 is 0 Å². The third-order valence-corrected chi connectivity index (χ3v) is 2.48. The predicted octanol–water partition coefficient (Wildman–Crippen LogP) is 0.484. The average molecular weight is 181 g/mol. The highest BCUT2D eigenvalue weighted by atomic mass is 16.8. The Balaban J connectivity index is 1.98. The molecule has 1 fully saturated rings. The molecule has 0 spiro atoms. The van der Waals surface area contributed by atoms with Crippen LogP contribution >= 0.6 is 0 Å². The van der Waals surface area contributed by atoms with Crippen LogP contribution in [0, 0.1) is 0 Å². The molecule has 0 aliphatic carbocycles. The van der Waals surface area contributed by atoms with Gasteiger partial charge in [0.25, 0.3) is 0 Å². The molecule has 3 rings (SSSR count). The van der Waals surface area contributed by atoms with Gasteiger partial charge in [-0.15, -0.1) is 5.10 Å². The minimum atomic E-state index is -0.467. The molecule has 13 heavy (non-hydrogen) atoms. The molecule has 5 heteroatoms. The molecule has 0 bridgehead atoms. The molecule has 70 valence electrons. The van der Waals surface area contributed by atoms with Gasteiger partial charge in [0.2, 0.25) is 0 Å². The summed E-state index contributed by atoms with van der Waals surface area (Å²) in [7, 11) is 0. The average Bonchev–Trinajstić information content (AvgIpc) is 2.58. The molecule has 0 amide bonds. The van der Waals surface area contributed by atoms with E-state index in [0.717, 1.165) is 12.2 Å². The summed E-state index contributed by atoms with van der Waals surface area (Å²) in [4.78, 5) is 0. The van der Waals surface area contributed by atoms with Gasteiger partial charge in [0, 0.05) is 0 Å². The summed E-state index contributed by atoms with van der Waals surface area (Å²) in [5.41, 5.74) is 1.02. The molecular formula is C8H11N3O2. The molecule has 3 heterocycles. The van der Waals surface area contributed by atoms with Gasteiger partial charge in [-0.05, 0) is 13.8 Å². The number of ether oxygens (including phenoxy) is 2. The SMILES string of the molecule is CC1(C)O[C@H]2Cn3nncc3[C@@H]2O1. The topological polar surface area (TPSA) is 49.2 Å². The van der Waals surface area contributed by atoms with Crippen LogP contribution in [-0.4, -0.2) is 26.9 Å². The number of aromatic nitrogens is 3. The summed E-state index contributed by atoms with van der Waals surface area (Å²) in [6.07, 6.45) is 1.88. The van der Waals surface area contributed by atoms with E-state index in [1.807, 2.05) is 18.5 Å². The van der Waals surface area contributed by atoms with Crippen molar-refractivity contribution >= 4 is 0 Å². The molecule has 0 unspecified atom stereocenters.